The number of hydrogen-bond donors (Lipinski definition) is 1. The molecule has 1 aliphatic heterocycles. The van der Waals surface area contributed by atoms with E-state index in [9.17, 15) is 0 Å². The van der Waals surface area contributed by atoms with Crippen LogP contribution in [0.4, 0.5) is 0 Å². The smallest absolute Gasteiger partial charge is 0.112 e. The minimum Gasteiger partial charge on any atom is -0.314 e. The van der Waals surface area contributed by atoms with Crippen molar-refractivity contribution in [2.24, 2.45) is 5.92 Å². The molecule has 1 fully saturated rings. The topological polar surface area (TPSA) is 28.2 Å². The van der Waals surface area contributed by atoms with Crippen molar-refractivity contribution < 1.29 is 0 Å². The Hall–Kier alpha value is -0.450. The van der Waals surface area contributed by atoms with Crippen LogP contribution in [0, 0.1) is 5.92 Å². The van der Waals surface area contributed by atoms with Crippen molar-refractivity contribution in [1.29, 1.82) is 0 Å². The number of thiazole rings is 1. The normalized spacial score (nSPS) is 28.8. The van der Waals surface area contributed by atoms with Gasteiger partial charge in [-0.15, -0.1) is 11.3 Å². The predicted octanol–water partition coefficient (Wildman–Crippen LogP) is 3.48. The number of likely N-dealkylation sites (tertiary alicyclic amines) is 1. The monoisotopic (exact) mass is 295 g/mol. The van der Waals surface area contributed by atoms with Gasteiger partial charge in [0.05, 0.1) is 5.54 Å². The van der Waals surface area contributed by atoms with Crippen molar-refractivity contribution in [3.05, 3.63) is 16.6 Å². The third-order valence-electron chi connectivity index (χ3n) is 4.90. The van der Waals surface area contributed by atoms with Gasteiger partial charge in [-0.3, -0.25) is 4.90 Å². The fourth-order valence-electron chi connectivity index (χ4n) is 3.42. The van der Waals surface area contributed by atoms with Gasteiger partial charge in [0.1, 0.15) is 5.01 Å². The van der Waals surface area contributed by atoms with Crippen LogP contribution in [0.1, 0.15) is 52.5 Å². The first-order valence-electron chi connectivity index (χ1n) is 7.88. The van der Waals surface area contributed by atoms with Crippen molar-refractivity contribution in [3.8, 4) is 0 Å². The van der Waals surface area contributed by atoms with E-state index in [2.05, 4.69) is 55.2 Å². The zero-order valence-electron chi connectivity index (χ0n) is 13.5. The average molecular weight is 295 g/mol. The molecule has 1 aromatic heterocycles. The molecule has 1 N–H and O–H groups in total. The largest absolute Gasteiger partial charge is 0.314 e. The lowest BCUT2D eigenvalue weighted by Gasteiger charge is -2.49. The van der Waals surface area contributed by atoms with Crippen molar-refractivity contribution in [1.82, 2.24) is 15.2 Å². The van der Waals surface area contributed by atoms with Crippen LogP contribution in [0.5, 0.6) is 0 Å². The number of nitrogens with zero attached hydrogens (tertiary/aromatic N) is 2. The summed E-state index contributed by atoms with van der Waals surface area (Å²) in [6.45, 7) is 13.9. The summed E-state index contributed by atoms with van der Waals surface area (Å²) in [6.07, 6.45) is 4.37. The maximum absolute atomic E-state index is 4.55. The highest BCUT2D eigenvalue weighted by Gasteiger charge is 2.41. The fraction of sp³-hybridized carbons (Fsp3) is 0.812. The van der Waals surface area contributed by atoms with Gasteiger partial charge in [-0.25, -0.2) is 4.98 Å². The molecule has 3 atom stereocenters. The van der Waals surface area contributed by atoms with E-state index in [1.165, 1.54) is 17.8 Å². The van der Waals surface area contributed by atoms with Crippen LogP contribution < -0.4 is 5.32 Å². The molecular weight excluding hydrogens is 266 g/mol. The summed E-state index contributed by atoms with van der Waals surface area (Å²) >= 11 is 1.77. The van der Waals surface area contributed by atoms with Crippen molar-refractivity contribution in [3.63, 3.8) is 0 Å². The Morgan fingerprint density at radius 2 is 2.20 bits per heavy atom. The minimum atomic E-state index is 0.0393. The zero-order chi connectivity index (χ0) is 14.8. The summed E-state index contributed by atoms with van der Waals surface area (Å²) < 4.78 is 0. The standard InChI is InChI=1S/C16H29N3S/c1-6-8-17-14-7-10-19(13(3)12(14)2)16(4,5)15-18-9-11-20-15/h9,11-14,17H,6-8,10H2,1-5H3. The first-order chi connectivity index (χ1) is 9.48. The molecule has 1 aliphatic rings. The second kappa shape index (κ2) is 6.54. The molecule has 0 bridgehead atoms. The molecule has 20 heavy (non-hydrogen) atoms. The molecule has 0 amide bonds. The van der Waals surface area contributed by atoms with Crippen LogP contribution in [0.15, 0.2) is 11.6 Å². The van der Waals surface area contributed by atoms with Gasteiger partial charge < -0.3 is 5.32 Å². The molecule has 3 nitrogen and oxygen atoms in total. The Labute approximate surface area is 127 Å². The minimum absolute atomic E-state index is 0.0393. The van der Waals surface area contributed by atoms with E-state index in [4.69, 9.17) is 0 Å². The van der Waals surface area contributed by atoms with Gasteiger partial charge in [0, 0.05) is 30.2 Å². The first kappa shape index (κ1) is 15.9. The van der Waals surface area contributed by atoms with Crippen LogP contribution in [-0.4, -0.2) is 35.1 Å². The van der Waals surface area contributed by atoms with Crippen LogP contribution >= 0.6 is 11.3 Å². The van der Waals surface area contributed by atoms with E-state index in [1.807, 2.05) is 6.20 Å². The summed E-state index contributed by atoms with van der Waals surface area (Å²) in [5.41, 5.74) is 0.0393. The molecule has 4 heteroatoms. The molecule has 0 saturated carbocycles. The Morgan fingerprint density at radius 1 is 1.45 bits per heavy atom. The van der Waals surface area contributed by atoms with E-state index in [-0.39, 0.29) is 5.54 Å². The molecule has 114 valence electrons. The maximum Gasteiger partial charge on any atom is 0.112 e. The molecule has 1 aromatic rings. The lowest BCUT2D eigenvalue weighted by atomic mass is 9.83. The van der Waals surface area contributed by atoms with Gasteiger partial charge in [0.15, 0.2) is 0 Å². The molecule has 2 heterocycles. The summed E-state index contributed by atoms with van der Waals surface area (Å²) in [5.74, 6) is 0.675. The van der Waals surface area contributed by atoms with Gasteiger partial charge in [-0.1, -0.05) is 13.8 Å². The lowest BCUT2D eigenvalue weighted by Crippen LogP contribution is -2.58. The highest BCUT2D eigenvalue weighted by molar-refractivity contribution is 7.09. The van der Waals surface area contributed by atoms with Crippen LogP contribution in [0.2, 0.25) is 0 Å². The van der Waals surface area contributed by atoms with E-state index < -0.39 is 0 Å². The molecule has 0 radical (unpaired) electrons. The summed E-state index contributed by atoms with van der Waals surface area (Å²) in [4.78, 5) is 7.19. The summed E-state index contributed by atoms with van der Waals surface area (Å²) in [5, 5.41) is 7.04. The van der Waals surface area contributed by atoms with Gasteiger partial charge in [0.2, 0.25) is 0 Å². The molecule has 0 aliphatic carbocycles. The van der Waals surface area contributed by atoms with Gasteiger partial charge in [0.25, 0.3) is 0 Å². The molecule has 1 saturated heterocycles. The zero-order valence-corrected chi connectivity index (χ0v) is 14.3. The molecule has 2 rings (SSSR count). The lowest BCUT2D eigenvalue weighted by molar-refractivity contribution is 0.00217. The van der Waals surface area contributed by atoms with Gasteiger partial charge in [-0.05, 0) is 46.1 Å². The van der Waals surface area contributed by atoms with Gasteiger partial charge in [-0.2, -0.15) is 0 Å². The van der Waals surface area contributed by atoms with Gasteiger partial charge >= 0.3 is 0 Å². The van der Waals surface area contributed by atoms with Crippen molar-refractivity contribution in [2.45, 2.75) is 65.1 Å². The highest BCUT2D eigenvalue weighted by atomic mass is 32.1. The Morgan fingerprint density at radius 3 is 2.80 bits per heavy atom. The number of piperidine rings is 1. The predicted molar refractivity (Wildman–Crippen MR) is 87.2 cm³/mol. The van der Waals surface area contributed by atoms with E-state index in [1.54, 1.807) is 11.3 Å². The number of rotatable bonds is 5. The van der Waals surface area contributed by atoms with Crippen molar-refractivity contribution in [2.75, 3.05) is 13.1 Å². The quantitative estimate of drug-likeness (QED) is 0.901. The van der Waals surface area contributed by atoms with Crippen LogP contribution in [-0.2, 0) is 5.54 Å². The third kappa shape index (κ3) is 3.07. The number of aromatic nitrogens is 1. The van der Waals surface area contributed by atoms with E-state index >= 15 is 0 Å². The fourth-order valence-corrected chi connectivity index (χ4v) is 4.20. The Kier molecular flexibility index (Phi) is 5.21. The maximum atomic E-state index is 4.55. The van der Waals surface area contributed by atoms with Crippen LogP contribution in [0.3, 0.4) is 0 Å². The Bertz CT molecular complexity index is 402. The summed E-state index contributed by atoms with van der Waals surface area (Å²) in [7, 11) is 0. The van der Waals surface area contributed by atoms with Crippen LogP contribution in [0.25, 0.3) is 0 Å². The van der Waals surface area contributed by atoms with E-state index in [0.717, 1.165) is 13.1 Å². The second-order valence-electron chi connectivity index (χ2n) is 6.54. The first-order valence-corrected chi connectivity index (χ1v) is 8.76. The second-order valence-corrected chi connectivity index (χ2v) is 7.43. The molecule has 0 spiro atoms. The molecule has 3 unspecified atom stereocenters. The average Bonchev–Trinajstić information content (AvgIpc) is 2.95. The van der Waals surface area contributed by atoms with E-state index in [0.29, 0.717) is 18.0 Å². The number of nitrogens with one attached hydrogen (secondary N) is 1. The van der Waals surface area contributed by atoms with Crippen molar-refractivity contribution >= 4 is 11.3 Å². The summed E-state index contributed by atoms with van der Waals surface area (Å²) in [6, 6.07) is 1.24. The SMILES string of the molecule is CCCNC1CCN(C(C)(C)c2nccs2)C(C)C1C. The third-order valence-corrected chi connectivity index (χ3v) is 5.98. The number of hydrogen-bond acceptors (Lipinski definition) is 4. The Balaban J connectivity index is 2.08. The molecular formula is C16H29N3S. The highest BCUT2D eigenvalue weighted by Crippen LogP contribution is 2.36. The molecule has 0 aromatic carbocycles.